The molecule has 114 valence electrons. The van der Waals surface area contributed by atoms with Crippen molar-refractivity contribution in [3.8, 4) is 0 Å². The lowest BCUT2D eigenvalue weighted by Crippen LogP contribution is -2.40. The van der Waals surface area contributed by atoms with Gasteiger partial charge in [0.15, 0.2) is 11.2 Å². The first-order valence-corrected chi connectivity index (χ1v) is 7.21. The van der Waals surface area contributed by atoms with Crippen LogP contribution in [0.2, 0.25) is 0 Å². The molecule has 2 heterocycles. The van der Waals surface area contributed by atoms with Crippen LogP contribution in [0, 0.1) is 0 Å². The van der Waals surface area contributed by atoms with Crippen LogP contribution >= 0.6 is 0 Å². The van der Waals surface area contributed by atoms with E-state index in [1.54, 1.807) is 17.9 Å². The number of benzene rings is 1. The Kier molecular flexibility index (Phi) is 3.44. The van der Waals surface area contributed by atoms with Gasteiger partial charge in [0.25, 0.3) is 5.56 Å². The molecule has 3 rings (SSSR count). The van der Waals surface area contributed by atoms with Crippen LogP contribution in [0.5, 0.6) is 0 Å². The molecule has 1 aromatic carbocycles. The Morgan fingerprint density at radius 2 is 1.82 bits per heavy atom. The summed E-state index contributed by atoms with van der Waals surface area (Å²) in [4.78, 5) is 29.2. The molecule has 0 amide bonds. The van der Waals surface area contributed by atoms with Gasteiger partial charge in [0.2, 0.25) is 0 Å². The van der Waals surface area contributed by atoms with Gasteiger partial charge in [0.1, 0.15) is 0 Å². The molecule has 22 heavy (non-hydrogen) atoms. The molecule has 3 aromatic rings. The third-order valence-electron chi connectivity index (χ3n) is 3.76. The molecule has 6 nitrogen and oxygen atoms in total. The van der Waals surface area contributed by atoms with Crippen LogP contribution in [0.15, 0.2) is 46.2 Å². The number of aryl methyl sites for hydroxylation is 1. The molecule has 0 atom stereocenters. The van der Waals surface area contributed by atoms with Gasteiger partial charge in [0.05, 0.1) is 6.33 Å². The number of hydrogen-bond donors (Lipinski definition) is 0. The minimum atomic E-state index is -0.336. The largest absolute Gasteiger partial charge is 0.332 e. The van der Waals surface area contributed by atoms with Gasteiger partial charge >= 0.3 is 5.69 Å². The van der Waals surface area contributed by atoms with Gasteiger partial charge in [-0.3, -0.25) is 13.9 Å². The molecule has 0 aliphatic carbocycles. The fraction of sp³-hybridized carbons (Fsp3) is 0.312. The Labute approximate surface area is 127 Å². The molecule has 0 spiro atoms. The van der Waals surface area contributed by atoms with Crippen LogP contribution in [0.3, 0.4) is 0 Å². The number of imidazole rings is 1. The topological polar surface area (TPSA) is 61.8 Å². The summed E-state index contributed by atoms with van der Waals surface area (Å²) in [6.07, 6.45) is 1.61. The summed E-state index contributed by atoms with van der Waals surface area (Å²) in [7, 11) is 1.64. The van der Waals surface area contributed by atoms with E-state index >= 15 is 0 Å². The molecule has 0 saturated heterocycles. The van der Waals surface area contributed by atoms with Gasteiger partial charge in [-0.05, 0) is 19.4 Å². The van der Waals surface area contributed by atoms with Gasteiger partial charge in [-0.2, -0.15) is 0 Å². The number of nitrogens with zero attached hydrogens (tertiary/aromatic N) is 4. The second kappa shape index (κ2) is 5.29. The zero-order valence-electron chi connectivity index (χ0n) is 12.9. The van der Waals surface area contributed by atoms with Crippen molar-refractivity contribution >= 4 is 11.2 Å². The van der Waals surface area contributed by atoms with Crippen LogP contribution < -0.4 is 11.2 Å². The Bertz CT molecular complexity index is 932. The van der Waals surface area contributed by atoms with Crippen molar-refractivity contribution in [2.24, 2.45) is 7.05 Å². The molecular weight excluding hydrogens is 280 g/mol. The third kappa shape index (κ3) is 2.16. The van der Waals surface area contributed by atoms with Crippen molar-refractivity contribution in [2.45, 2.75) is 26.4 Å². The number of hydrogen-bond acceptors (Lipinski definition) is 3. The van der Waals surface area contributed by atoms with E-state index in [0.29, 0.717) is 17.7 Å². The maximum atomic E-state index is 12.7. The fourth-order valence-electron chi connectivity index (χ4n) is 2.64. The Morgan fingerprint density at radius 1 is 1.14 bits per heavy atom. The molecule has 0 N–H and O–H groups in total. The van der Waals surface area contributed by atoms with E-state index in [4.69, 9.17) is 0 Å². The Hall–Kier alpha value is -2.63. The lowest BCUT2D eigenvalue weighted by atomic mass is 10.2. The van der Waals surface area contributed by atoms with Crippen LogP contribution in [-0.4, -0.2) is 18.7 Å². The van der Waals surface area contributed by atoms with E-state index < -0.39 is 0 Å². The summed E-state index contributed by atoms with van der Waals surface area (Å²) < 4.78 is 4.50. The molecule has 0 aliphatic rings. The van der Waals surface area contributed by atoms with Gasteiger partial charge in [-0.1, -0.05) is 30.3 Å². The summed E-state index contributed by atoms with van der Waals surface area (Å²) in [5, 5.41) is 0. The Balaban J connectivity index is 2.26. The SMILES string of the molecule is CC(C)n1c(=O)c2c(ncn2Cc2ccccc2)n(C)c1=O. The highest BCUT2D eigenvalue weighted by molar-refractivity contribution is 5.70. The summed E-state index contributed by atoms with van der Waals surface area (Å²) in [6, 6.07) is 9.65. The minimum absolute atomic E-state index is 0.198. The van der Waals surface area contributed by atoms with E-state index in [1.807, 2.05) is 44.2 Å². The van der Waals surface area contributed by atoms with Crippen molar-refractivity contribution < 1.29 is 0 Å². The van der Waals surface area contributed by atoms with Crippen molar-refractivity contribution in [1.29, 1.82) is 0 Å². The van der Waals surface area contributed by atoms with E-state index in [1.165, 1.54) is 9.13 Å². The van der Waals surface area contributed by atoms with Crippen molar-refractivity contribution in [3.63, 3.8) is 0 Å². The zero-order chi connectivity index (χ0) is 15.9. The lowest BCUT2D eigenvalue weighted by molar-refractivity contribution is 0.529. The summed E-state index contributed by atoms with van der Waals surface area (Å²) >= 11 is 0. The van der Waals surface area contributed by atoms with Crippen LogP contribution in [0.1, 0.15) is 25.5 Å². The van der Waals surface area contributed by atoms with E-state index in [-0.39, 0.29) is 17.3 Å². The quantitative estimate of drug-likeness (QED) is 0.736. The van der Waals surface area contributed by atoms with E-state index in [0.717, 1.165) is 5.56 Å². The molecule has 2 aromatic heterocycles. The van der Waals surface area contributed by atoms with Crippen LogP contribution in [-0.2, 0) is 13.6 Å². The van der Waals surface area contributed by atoms with E-state index in [2.05, 4.69) is 4.98 Å². The smallest absolute Gasteiger partial charge is 0.320 e. The Morgan fingerprint density at radius 3 is 2.45 bits per heavy atom. The molecule has 0 aliphatic heterocycles. The standard InChI is InChI=1S/C16H18N4O2/c1-11(2)20-15(21)13-14(18(3)16(20)22)17-10-19(13)9-12-7-5-4-6-8-12/h4-8,10-11H,9H2,1-3H3. The second-order valence-electron chi connectivity index (χ2n) is 5.64. The second-order valence-corrected chi connectivity index (χ2v) is 5.64. The predicted octanol–water partition coefficient (Wildman–Crippen LogP) is 1.53. The van der Waals surface area contributed by atoms with Crippen LogP contribution in [0.25, 0.3) is 11.2 Å². The molecule has 0 radical (unpaired) electrons. The molecule has 0 bridgehead atoms. The number of rotatable bonds is 3. The monoisotopic (exact) mass is 298 g/mol. The lowest BCUT2D eigenvalue weighted by Gasteiger charge is -2.12. The van der Waals surface area contributed by atoms with E-state index in [9.17, 15) is 9.59 Å². The first-order valence-electron chi connectivity index (χ1n) is 7.21. The maximum absolute atomic E-state index is 12.7. The highest BCUT2D eigenvalue weighted by Crippen LogP contribution is 2.10. The van der Waals surface area contributed by atoms with Gasteiger partial charge in [0, 0.05) is 19.6 Å². The summed E-state index contributed by atoms with van der Waals surface area (Å²) in [6.45, 7) is 4.20. The molecule has 6 heteroatoms. The maximum Gasteiger partial charge on any atom is 0.332 e. The minimum Gasteiger partial charge on any atom is -0.320 e. The number of aromatic nitrogens is 4. The predicted molar refractivity (Wildman–Crippen MR) is 85.2 cm³/mol. The average Bonchev–Trinajstić information content (AvgIpc) is 2.90. The normalized spacial score (nSPS) is 11.5. The molecule has 0 fully saturated rings. The first-order chi connectivity index (χ1) is 10.5. The highest BCUT2D eigenvalue weighted by Gasteiger charge is 2.17. The fourth-order valence-corrected chi connectivity index (χ4v) is 2.64. The van der Waals surface area contributed by atoms with Crippen molar-refractivity contribution in [1.82, 2.24) is 18.7 Å². The highest BCUT2D eigenvalue weighted by atomic mass is 16.2. The summed E-state index contributed by atoms with van der Waals surface area (Å²) in [5.41, 5.74) is 1.33. The van der Waals surface area contributed by atoms with Crippen LogP contribution in [0.4, 0.5) is 0 Å². The van der Waals surface area contributed by atoms with Gasteiger partial charge in [-0.15, -0.1) is 0 Å². The average molecular weight is 298 g/mol. The molecule has 0 saturated carbocycles. The first kappa shape index (κ1) is 14.3. The number of fused-ring (bicyclic) bond motifs is 1. The van der Waals surface area contributed by atoms with Crippen molar-refractivity contribution in [3.05, 3.63) is 63.1 Å². The zero-order valence-corrected chi connectivity index (χ0v) is 12.9. The molecule has 0 unspecified atom stereocenters. The van der Waals surface area contributed by atoms with Crippen molar-refractivity contribution in [2.75, 3.05) is 0 Å². The summed E-state index contributed by atoms with van der Waals surface area (Å²) in [5.74, 6) is 0. The van der Waals surface area contributed by atoms with Gasteiger partial charge < -0.3 is 4.57 Å². The molecular formula is C16H18N4O2. The van der Waals surface area contributed by atoms with Gasteiger partial charge in [-0.25, -0.2) is 9.78 Å². The third-order valence-corrected chi connectivity index (χ3v) is 3.76.